The van der Waals surface area contributed by atoms with E-state index in [9.17, 15) is 0 Å². The van der Waals surface area contributed by atoms with Crippen LogP contribution >= 0.6 is 15.9 Å². The van der Waals surface area contributed by atoms with Gasteiger partial charge in [0.05, 0.1) is 13.2 Å². The van der Waals surface area contributed by atoms with Crippen LogP contribution in [0.15, 0.2) is 39.4 Å². The fraction of sp³-hybridized carbons (Fsp3) is 0.286. The summed E-state index contributed by atoms with van der Waals surface area (Å²) in [5, 5.41) is 3.39. The molecule has 0 fully saturated rings. The molecule has 96 valence electrons. The number of halogens is 1. The van der Waals surface area contributed by atoms with Crippen molar-refractivity contribution in [3.63, 3.8) is 0 Å². The predicted molar refractivity (Wildman–Crippen MR) is 76.2 cm³/mol. The first kappa shape index (κ1) is 13.0. The molecule has 0 bridgehead atoms. The highest BCUT2D eigenvalue weighted by atomic mass is 79.9. The largest absolute Gasteiger partial charge is 0.496 e. The highest BCUT2D eigenvalue weighted by Crippen LogP contribution is 2.26. The van der Waals surface area contributed by atoms with Crippen LogP contribution in [-0.4, -0.2) is 7.11 Å². The molecule has 0 radical (unpaired) electrons. The third kappa shape index (κ3) is 2.88. The Morgan fingerprint density at radius 2 is 2.06 bits per heavy atom. The number of rotatable bonds is 4. The SMILES string of the molecule is COc1ccc(NC(C)c2ccc(Br)o2)cc1C. The molecule has 0 amide bonds. The fourth-order valence-electron chi connectivity index (χ4n) is 1.85. The lowest BCUT2D eigenvalue weighted by Crippen LogP contribution is -2.05. The molecule has 2 aromatic rings. The number of anilines is 1. The monoisotopic (exact) mass is 309 g/mol. The fourth-order valence-corrected chi connectivity index (χ4v) is 2.17. The molecule has 18 heavy (non-hydrogen) atoms. The van der Waals surface area contributed by atoms with Crippen molar-refractivity contribution < 1.29 is 9.15 Å². The molecule has 0 saturated heterocycles. The second-order valence-electron chi connectivity index (χ2n) is 4.19. The van der Waals surface area contributed by atoms with Crippen molar-refractivity contribution in [1.29, 1.82) is 0 Å². The van der Waals surface area contributed by atoms with Crippen molar-refractivity contribution in [3.05, 3.63) is 46.3 Å². The van der Waals surface area contributed by atoms with Crippen LogP contribution in [0.2, 0.25) is 0 Å². The number of benzene rings is 1. The van der Waals surface area contributed by atoms with Crippen LogP contribution in [0.5, 0.6) is 5.75 Å². The smallest absolute Gasteiger partial charge is 0.169 e. The lowest BCUT2D eigenvalue weighted by Gasteiger charge is -2.14. The summed E-state index contributed by atoms with van der Waals surface area (Å²) in [6, 6.07) is 9.99. The summed E-state index contributed by atoms with van der Waals surface area (Å²) in [6.07, 6.45) is 0. The number of methoxy groups -OCH3 is 1. The molecule has 1 heterocycles. The molecule has 0 aliphatic heterocycles. The van der Waals surface area contributed by atoms with Gasteiger partial charge < -0.3 is 14.5 Å². The maximum atomic E-state index is 5.52. The first-order chi connectivity index (χ1) is 8.60. The van der Waals surface area contributed by atoms with Crippen molar-refractivity contribution >= 4 is 21.6 Å². The molecule has 1 atom stereocenters. The minimum atomic E-state index is 0.115. The second kappa shape index (κ2) is 5.48. The average Bonchev–Trinajstić information content (AvgIpc) is 2.76. The van der Waals surface area contributed by atoms with E-state index in [1.165, 1.54) is 0 Å². The molecule has 0 aliphatic rings. The van der Waals surface area contributed by atoms with E-state index in [1.807, 2.05) is 31.2 Å². The first-order valence-corrected chi connectivity index (χ1v) is 6.56. The lowest BCUT2D eigenvalue weighted by molar-refractivity contribution is 0.411. The summed E-state index contributed by atoms with van der Waals surface area (Å²) < 4.78 is 11.5. The average molecular weight is 310 g/mol. The Labute approximate surface area is 115 Å². The summed E-state index contributed by atoms with van der Waals surface area (Å²) in [7, 11) is 1.68. The Morgan fingerprint density at radius 3 is 2.61 bits per heavy atom. The van der Waals surface area contributed by atoms with E-state index in [1.54, 1.807) is 7.11 Å². The van der Waals surface area contributed by atoms with Crippen LogP contribution in [0, 0.1) is 6.92 Å². The van der Waals surface area contributed by atoms with Crippen LogP contribution in [0.1, 0.15) is 24.3 Å². The van der Waals surface area contributed by atoms with E-state index in [0.717, 1.165) is 27.4 Å². The summed E-state index contributed by atoms with van der Waals surface area (Å²) in [5.74, 6) is 1.80. The van der Waals surface area contributed by atoms with E-state index < -0.39 is 0 Å². The van der Waals surface area contributed by atoms with E-state index in [0.29, 0.717) is 0 Å². The second-order valence-corrected chi connectivity index (χ2v) is 4.97. The maximum Gasteiger partial charge on any atom is 0.169 e. The summed E-state index contributed by atoms with van der Waals surface area (Å²) in [4.78, 5) is 0. The number of hydrogen-bond donors (Lipinski definition) is 1. The van der Waals surface area contributed by atoms with Gasteiger partial charge >= 0.3 is 0 Å². The predicted octanol–water partition coefficient (Wildman–Crippen LogP) is 4.53. The molecule has 0 aliphatic carbocycles. The number of ether oxygens (including phenoxy) is 1. The van der Waals surface area contributed by atoms with Gasteiger partial charge in [0, 0.05) is 5.69 Å². The molecule has 2 rings (SSSR count). The van der Waals surface area contributed by atoms with Crippen molar-refractivity contribution in [2.24, 2.45) is 0 Å². The summed E-state index contributed by atoms with van der Waals surface area (Å²) in [6.45, 7) is 4.09. The van der Waals surface area contributed by atoms with E-state index in [-0.39, 0.29) is 6.04 Å². The van der Waals surface area contributed by atoms with E-state index in [2.05, 4.69) is 34.2 Å². The number of hydrogen-bond acceptors (Lipinski definition) is 3. The summed E-state index contributed by atoms with van der Waals surface area (Å²) in [5.41, 5.74) is 2.16. The quantitative estimate of drug-likeness (QED) is 0.901. The summed E-state index contributed by atoms with van der Waals surface area (Å²) >= 11 is 3.31. The van der Waals surface area contributed by atoms with Gasteiger partial charge in [0.15, 0.2) is 4.67 Å². The molecule has 1 aromatic heterocycles. The topological polar surface area (TPSA) is 34.4 Å². The maximum absolute atomic E-state index is 5.52. The van der Waals surface area contributed by atoms with E-state index >= 15 is 0 Å². The lowest BCUT2D eigenvalue weighted by atomic mass is 10.1. The van der Waals surface area contributed by atoms with Gasteiger partial charge in [-0.15, -0.1) is 0 Å². The minimum absolute atomic E-state index is 0.115. The highest BCUT2D eigenvalue weighted by molar-refractivity contribution is 9.10. The van der Waals surface area contributed by atoms with Crippen LogP contribution in [0.3, 0.4) is 0 Å². The van der Waals surface area contributed by atoms with E-state index in [4.69, 9.17) is 9.15 Å². The molecule has 0 spiro atoms. The molecule has 1 unspecified atom stereocenters. The van der Waals surface area contributed by atoms with Crippen molar-refractivity contribution in [2.75, 3.05) is 12.4 Å². The molecular weight excluding hydrogens is 294 g/mol. The zero-order valence-corrected chi connectivity index (χ0v) is 12.2. The Hall–Kier alpha value is -1.42. The zero-order valence-electron chi connectivity index (χ0n) is 10.7. The van der Waals surface area contributed by atoms with Gasteiger partial charge in [0.2, 0.25) is 0 Å². The third-order valence-corrected chi connectivity index (χ3v) is 3.22. The van der Waals surface area contributed by atoms with Gasteiger partial charge in [-0.05, 0) is 65.7 Å². The first-order valence-electron chi connectivity index (χ1n) is 5.76. The van der Waals surface area contributed by atoms with Crippen LogP contribution < -0.4 is 10.1 Å². The molecule has 4 heteroatoms. The van der Waals surface area contributed by atoms with Gasteiger partial charge in [-0.3, -0.25) is 0 Å². The van der Waals surface area contributed by atoms with Gasteiger partial charge in [-0.1, -0.05) is 0 Å². The number of nitrogens with one attached hydrogen (secondary N) is 1. The van der Waals surface area contributed by atoms with Gasteiger partial charge in [0.1, 0.15) is 11.5 Å². The van der Waals surface area contributed by atoms with Gasteiger partial charge in [-0.25, -0.2) is 0 Å². The minimum Gasteiger partial charge on any atom is -0.496 e. The molecule has 3 nitrogen and oxygen atoms in total. The third-order valence-electron chi connectivity index (χ3n) is 2.80. The Morgan fingerprint density at radius 1 is 1.28 bits per heavy atom. The highest BCUT2D eigenvalue weighted by Gasteiger charge is 2.10. The van der Waals surface area contributed by atoms with Crippen molar-refractivity contribution in [3.8, 4) is 5.75 Å². The van der Waals surface area contributed by atoms with Crippen LogP contribution in [0.4, 0.5) is 5.69 Å². The Balaban J connectivity index is 2.12. The van der Waals surface area contributed by atoms with Crippen LogP contribution in [-0.2, 0) is 0 Å². The normalized spacial score (nSPS) is 12.2. The van der Waals surface area contributed by atoms with Crippen molar-refractivity contribution in [2.45, 2.75) is 19.9 Å². The Bertz CT molecular complexity index is 536. The molecule has 1 N–H and O–H groups in total. The zero-order chi connectivity index (χ0) is 13.1. The van der Waals surface area contributed by atoms with Crippen molar-refractivity contribution in [1.82, 2.24) is 0 Å². The molecular formula is C14H16BrNO2. The van der Waals surface area contributed by atoms with Crippen LogP contribution in [0.25, 0.3) is 0 Å². The Kier molecular flexibility index (Phi) is 3.97. The number of aryl methyl sites for hydroxylation is 1. The molecule has 1 aromatic carbocycles. The standard InChI is InChI=1S/C14H16BrNO2/c1-9-8-11(4-5-12(9)17-3)16-10(2)13-6-7-14(15)18-13/h4-8,10,16H,1-3H3. The van der Waals surface area contributed by atoms with Gasteiger partial charge in [-0.2, -0.15) is 0 Å². The number of furan rings is 1. The van der Waals surface area contributed by atoms with Gasteiger partial charge in [0.25, 0.3) is 0 Å². The molecule has 0 saturated carbocycles.